The molecule has 0 unspecified atom stereocenters. The molecule has 4 rings (SSSR count). The van der Waals surface area contributed by atoms with E-state index in [1.165, 1.54) is 17.1 Å². The van der Waals surface area contributed by atoms with Crippen molar-refractivity contribution in [2.45, 2.75) is 39.3 Å². The summed E-state index contributed by atoms with van der Waals surface area (Å²) in [6.07, 6.45) is 4.94. The highest BCUT2D eigenvalue weighted by Gasteiger charge is 2.17. The van der Waals surface area contributed by atoms with Crippen LogP contribution in [0.3, 0.4) is 0 Å². The Labute approximate surface area is 162 Å². The van der Waals surface area contributed by atoms with Gasteiger partial charge in [-0.1, -0.05) is 17.7 Å². The summed E-state index contributed by atoms with van der Waals surface area (Å²) in [6.45, 7) is 5.15. The van der Waals surface area contributed by atoms with Crippen LogP contribution in [0, 0.1) is 13.8 Å². The fraction of sp³-hybridized carbons (Fsp3) is 0.400. The number of nitrogens with one attached hydrogen (secondary N) is 1. The van der Waals surface area contributed by atoms with Crippen molar-refractivity contribution in [3.63, 3.8) is 0 Å². The highest BCUT2D eigenvalue weighted by molar-refractivity contribution is 5.78. The molecule has 1 amide bonds. The van der Waals surface area contributed by atoms with Gasteiger partial charge in [0.15, 0.2) is 5.65 Å². The monoisotopic (exact) mass is 381 g/mol. The predicted octanol–water partition coefficient (Wildman–Crippen LogP) is 1.49. The van der Waals surface area contributed by atoms with Crippen LogP contribution in [0.1, 0.15) is 24.0 Å². The first-order valence-corrected chi connectivity index (χ1v) is 9.42. The molecule has 2 aromatic heterocycles. The molecule has 3 aromatic rings. The van der Waals surface area contributed by atoms with Crippen LogP contribution >= 0.6 is 0 Å². The number of aryl methyl sites for hydroxylation is 2. The second-order valence-corrected chi connectivity index (χ2v) is 7.20. The zero-order valence-corrected chi connectivity index (χ0v) is 16.0. The van der Waals surface area contributed by atoms with E-state index in [1.54, 1.807) is 4.68 Å². The minimum absolute atomic E-state index is 0.0669. The Balaban J connectivity index is 1.56. The van der Waals surface area contributed by atoms with Crippen LogP contribution in [0.4, 0.5) is 0 Å². The molecule has 146 valence electrons. The van der Waals surface area contributed by atoms with Gasteiger partial charge in [0.2, 0.25) is 5.91 Å². The third-order valence-corrected chi connectivity index (χ3v) is 5.00. The van der Waals surface area contributed by atoms with Crippen LogP contribution in [-0.2, 0) is 16.1 Å². The zero-order valence-electron chi connectivity index (χ0n) is 16.0. The van der Waals surface area contributed by atoms with E-state index in [9.17, 15) is 9.59 Å². The van der Waals surface area contributed by atoms with Gasteiger partial charge in [0.25, 0.3) is 5.56 Å². The molecule has 1 saturated heterocycles. The van der Waals surface area contributed by atoms with Crippen LogP contribution in [0.5, 0.6) is 0 Å². The fourth-order valence-electron chi connectivity index (χ4n) is 3.52. The maximum atomic E-state index is 12.8. The van der Waals surface area contributed by atoms with Crippen molar-refractivity contribution in [1.82, 2.24) is 24.6 Å². The van der Waals surface area contributed by atoms with E-state index < -0.39 is 0 Å². The second kappa shape index (κ2) is 7.55. The molecular formula is C20H23N5O3. The molecular weight excluding hydrogens is 358 g/mol. The zero-order chi connectivity index (χ0) is 19.7. The summed E-state index contributed by atoms with van der Waals surface area (Å²) in [7, 11) is 0. The molecule has 0 spiro atoms. The molecule has 1 fully saturated rings. The van der Waals surface area contributed by atoms with Crippen molar-refractivity contribution < 1.29 is 9.53 Å². The highest BCUT2D eigenvalue weighted by atomic mass is 16.5. The molecule has 8 heteroatoms. The summed E-state index contributed by atoms with van der Waals surface area (Å²) < 4.78 is 8.46. The van der Waals surface area contributed by atoms with Gasteiger partial charge in [0.1, 0.15) is 18.3 Å². The summed E-state index contributed by atoms with van der Waals surface area (Å²) in [5.74, 6) is -0.236. The number of ether oxygens (including phenoxy) is 1. The molecule has 0 saturated carbocycles. The third-order valence-electron chi connectivity index (χ3n) is 5.00. The number of fused-ring (bicyclic) bond motifs is 1. The first kappa shape index (κ1) is 18.4. The minimum Gasteiger partial charge on any atom is -0.376 e. The molecule has 1 aliphatic rings. The fourth-order valence-corrected chi connectivity index (χ4v) is 3.52. The predicted molar refractivity (Wildman–Crippen MR) is 105 cm³/mol. The lowest BCUT2D eigenvalue weighted by Crippen LogP contribution is -2.36. The number of amides is 1. The van der Waals surface area contributed by atoms with Gasteiger partial charge in [-0.15, -0.1) is 0 Å². The lowest BCUT2D eigenvalue weighted by Gasteiger charge is -2.11. The molecule has 3 heterocycles. The Kier molecular flexibility index (Phi) is 4.95. The number of hydrogen-bond acceptors (Lipinski definition) is 5. The van der Waals surface area contributed by atoms with E-state index in [0.717, 1.165) is 36.3 Å². The maximum Gasteiger partial charge on any atom is 0.264 e. The summed E-state index contributed by atoms with van der Waals surface area (Å²) in [5.41, 5.74) is 3.27. The average Bonchev–Trinajstić information content (AvgIpc) is 3.32. The Bertz CT molecular complexity index is 1080. The lowest BCUT2D eigenvalue weighted by molar-refractivity contribution is -0.122. The molecule has 0 bridgehead atoms. The number of benzene rings is 1. The highest BCUT2D eigenvalue weighted by Crippen LogP contribution is 2.18. The first-order valence-electron chi connectivity index (χ1n) is 9.42. The lowest BCUT2D eigenvalue weighted by atomic mass is 10.1. The van der Waals surface area contributed by atoms with Crippen molar-refractivity contribution >= 4 is 16.9 Å². The number of rotatable bonds is 5. The topological polar surface area (TPSA) is 91.0 Å². The summed E-state index contributed by atoms with van der Waals surface area (Å²) in [4.78, 5) is 29.4. The van der Waals surface area contributed by atoms with Gasteiger partial charge in [-0.2, -0.15) is 5.10 Å². The van der Waals surface area contributed by atoms with Crippen LogP contribution < -0.4 is 10.9 Å². The smallest absolute Gasteiger partial charge is 0.264 e. The molecule has 1 aliphatic heterocycles. The summed E-state index contributed by atoms with van der Waals surface area (Å²) in [5, 5.41) is 7.55. The van der Waals surface area contributed by atoms with Crippen LogP contribution in [0.15, 0.2) is 35.5 Å². The summed E-state index contributed by atoms with van der Waals surface area (Å²) in [6, 6.07) is 6.01. The molecule has 1 aromatic carbocycles. The van der Waals surface area contributed by atoms with Crippen LogP contribution in [-0.4, -0.2) is 44.5 Å². The van der Waals surface area contributed by atoms with E-state index >= 15 is 0 Å². The molecule has 0 radical (unpaired) electrons. The van der Waals surface area contributed by atoms with E-state index in [4.69, 9.17) is 4.74 Å². The van der Waals surface area contributed by atoms with Gasteiger partial charge < -0.3 is 10.1 Å². The van der Waals surface area contributed by atoms with Gasteiger partial charge >= 0.3 is 0 Å². The van der Waals surface area contributed by atoms with Crippen molar-refractivity contribution in [3.05, 3.63) is 52.2 Å². The van der Waals surface area contributed by atoms with Crippen molar-refractivity contribution in [1.29, 1.82) is 0 Å². The van der Waals surface area contributed by atoms with Gasteiger partial charge in [-0.05, 0) is 38.3 Å². The Morgan fingerprint density at radius 2 is 2.21 bits per heavy atom. The van der Waals surface area contributed by atoms with Crippen LogP contribution in [0.2, 0.25) is 0 Å². The number of aromatic nitrogens is 4. The molecule has 28 heavy (non-hydrogen) atoms. The quantitative estimate of drug-likeness (QED) is 0.723. The van der Waals surface area contributed by atoms with Crippen LogP contribution in [0.25, 0.3) is 16.7 Å². The standard InChI is InChI=1S/C20H23N5O3/c1-13-5-6-17(14(2)8-13)25-19-16(10-23-25)20(27)24(12-22-19)11-18(26)21-9-15-4-3-7-28-15/h5-6,8,10,12,15H,3-4,7,9,11H2,1-2H3,(H,21,26)/t15-/m0/s1. The Morgan fingerprint density at radius 1 is 1.36 bits per heavy atom. The molecule has 1 atom stereocenters. The van der Waals surface area contributed by atoms with E-state index in [-0.39, 0.29) is 24.1 Å². The third kappa shape index (κ3) is 3.55. The van der Waals surface area contributed by atoms with Crippen molar-refractivity contribution in [2.24, 2.45) is 0 Å². The second-order valence-electron chi connectivity index (χ2n) is 7.20. The Morgan fingerprint density at radius 3 is 2.96 bits per heavy atom. The van der Waals surface area contributed by atoms with Gasteiger partial charge in [0.05, 0.1) is 18.0 Å². The van der Waals surface area contributed by atoms with E-state index in [2.05, 4.69) is 21.5 Å². The minimum atomic E-state index is -0.284. The van der Waals surface area contributed by atoms with Gasteiger partial charge in [0, 0.05) is 13.2 Å². The molecule has 0 aliphatic carbocycles. The Hall–Kier alpha value is -3.00. The SMILES string of the molecule is Cc1ccc(-n2ncc3c(=O)n(CC(=O)NC[C@@H]4CCCO4)cnc32)c(C)c1. The van der Waals surface area contributed by atoms with E-state index in [0.29, 0.717) is 17.6 Å². The van der Waals surface area contributed by atoms with Crippen molar-refractivity contribution in [2.75, 3.05) is 13.2 Å². The number of carbonyl (C=O) groups is 1. The van der Waals surface area contributed by atoms with Crippen molar-refractivity contribution in [3.8, 4) is 5.69 Å². The number of nitrogens with zero attached hydrogens (tertiary/aromatic N) is 4. The largest absolute Gasteiger partial charge is 0.376 e. The van der Waals surface area contributed by atoms with Gasteiger partial charge in [-0.3, -0.25) is 14.2 Å². The normalized spacial score (nSPS) is 16.6. The van der Waals surface area contributed by atoms with E-state index in [1.807, 2.05) is 26.0 Å². The molecule has 1 N–H and O–H groups in total. The number of hydrogen-bond donors (Lipinski definition) is 1. The molecule has 8 nitrogen and oxygen atoms in total. The average molecular weight is 381 g/mol. The summed E-state index contributed by atoms with van der Waals surface area (Å²) >= 11 is 0. The number of carbonyl (C=O) groups excluding carboxylic acids is 1. The first-order chi connectivity index (χ1) is 13.5. The van der Waals surface area contributed by atoms with Gasteiger partial charge in [-0.25, -0.2) is 9.67 Å². The maximum absolute atomic E-state index is 12.8.